The van der Waals surface area contributed by atoms with Gasteiger partial charge in [-0.15, -0.1) is 0 Å². The molecule has 0 amide bonds. The molecule has 1 aliphatic heterocycles. The van der Waals surface area contributed by atoms with Crippen molar-refractivity contribution in [1.82, 2.24) is 19.5 Å². The second kappa shape index (κ2) is 9.02. The fourth-order valence-corrected chi connectivity index (χ4v) is 2.64. The van der Waals surface area contributed by atoms with E-state index in [2.05, 4.69) is 19.5 Å². The van der Waals surface area contributed by atoms with E-state index in [0.717, 1.165) is 6.33 Å². The van der Waals surface area contributed by atoms with Crippen LogP contribution in [-0.4, -0.2) is 54.7 Å². The number of phosphoric ester groups is 1. The van der Waals surface area contributed by atoms with Gasteiger partial charge in [-0.25, -0.2) is 9.97 Å². The fourth-order valence-electron chi connectivity index (χ4n) is 2.31. The van der Waals surface area contributed by atoms with Gasteiger partial charge in [-0.05, 0) is 0 Å². The van der Waals surface area contributed by atoms with Crippen molar-refractivity contribution in [3.05, 3.63) is 23.0 Å². The predicted octanol–water partition coefficient (Wildman–Crippen LogP) is -9.41. The van der Waals surface area contributed by atoms with Crippen LogP contribution in [0.5, 0.6) is 0 Å². The number of aromatic nitrogens is 4. The Balaban J connectivity index is 0.00000156. The number of H-pyrrole nitrogens is 1. The number of nitrogens with zero attached hydrogens (tertiary/aromatic N) is 3. The monoisotopic (exact) mass is 392 g/mol. The summed E-state index contributed by atoms with van der Waals surface area (Å²) >= 11 is 0. The molecule has 4 atom stereocenters. The molecule has 0 spiro atoms. The molecule has 3 unspecified atom stereocenters. The van der Waals surface area contributed by atoms with Crippen molar-refractivity contribution in [1.29, 1.82) is 0 Å². The van der Waals surface area contributed by atoms with E-state index in [1.807, 2.05) is 0 Å². The average Bonchev–Trinajstić information content (AvgIpc) is 3.01. The Hall–Kier alpha value is 0.340. The van der Waals surface area contributed by atoms with Crippen LogP contribution in [0, 0.1) is 0 Å². The number of hydrogen-bond donors (Lipinski definition) is 3. The van der Waals surface area contributed by atoms with Gasteiger partial charge >= 0.3 is 59.1 Å². The Morgan fingerprint density at radius 2 is 2.00 bits per heavy atom. The minimum atomic E-state index is -5.24. The van der Waals surface area contributed by atoms with E-state index in [1.54, 1.807) is 0 Å². The second-order valence-electron chi connectivity index (χ2n) is 4.84. The first-order chi connectivity index (χ1) is 10.8. The van der Waals surface area contributed by atoms with Gasteiger partial charge in [0.2, 0.25) is 0 Å². The number of hydrogen-bond acceptors (Lipinski definition) is 10. The molecule has 2 aromatic rings. The zero-order valence-corrected chi connectivity index (χ0v) is 18.2. The summed E-state index contributed by atoms with van der Waals surface area (Å²) in [5.74, 6) is 0. The van der Waals surface area contributed by atoms with Crippen molar-refractivity contribution in [2.45, 2.75) is 24.5 Å². The summed E-state index contributed by atoms with van der Waals surface area (Å²) in [5.41, 5.74) is -0.397. The maximum absolute atomic E-state index is 11.6. The number of aromatic amines is 1. The van der Waals surface area contributed by atoms with Gasteiger partial charge in [-0.1, -0.05) is 0 Å². The number of aliphatic hydroxyl groups is 2. The van der Waals surface area contributed by atoms with Gasteiger partial charge in [0.1, 0.15) is 18.3 Å². The molecule has 15 heteroatoms. The van der Waals surface area contributed by atoms with Crippen LogP contribution in [0.3, 0.4) is 0 Å². The summed E-state index contributed by atoms with van der Waals surface area (Å²) in [4.78, 5) is 42.6. The maximum atomic E-state index is 11.6. The Morgan fingerprint density at radius 3 is 2.64 bits per heavy atom. The quantitative estimate of drug-likeness (QED) is 0.333. The smallest absolute Gasteiger partial charge is 0.790 e. The normalized spacial score (nSPS) is 26.2. The second-order valence-corrected chi connectivity index (χ2v) is 6.00. The first kappa shape index (κ1) is 23.4. The van der Waals surface area contributed by atoms with Crippen molar-refractivity contribution in [3.8, 4) is 0 Å². The molecular formula is C10H11N4Na2O8P. The summed E-state index contributed by atoms with van der Waals surface area (Å²) in [6.07, 6.45) is -3.11. The van der Waals surface area contributed by atoms with Gasteiger partial charge < -0.3 is 38.8 Å². The minimum absolute atomic E-state index is 0. The number of aliphatic hydroxyl groups excluding tert-OH is 2. The molecule has 126 valence electrons. The predicted molar refractivity (Wildman–Crippen MR) is 67.6 cm³/mol. The summed E-state index contributed by atoms with van der Waals surface area (Å²) in [7, 11) is -5.24. The van der Waals surface area contributed by atoms with Crippen LogP contribution < -0.4 is 74.5 Å². The Kier molecular flexibility index (Phi) is 8.44. The molecule has 0 aliphatic carbocycles. The Morgan fingerprint density at radius 1 is 1.32 bits per heavy atom. The van der Waals surface area contributed by atoms with Crippen molar-refractivity contribution in [2.24, 2.45) is 0 Å². The molecule has 0 aromatic carbocycles. The number of rotatable bonds is 4. The Labute approximate surface area is 184 Å². The Bertz CT molecular complexity index is 825. The topological polar surface area (TPSA) is 186 Å². The van der Waals surface area contributed by atoms with E-state index in [9.17, 15) is 29.4 Å². The molecule has 25 heavy (non-hydrogen) atoms. The van der Waals surface area contributed by atoms with Gasteiger partial charge in [0.25, 0.3) is 5.56 Å². The zero-order chi connectivity index (χ0) is 16.8. The maximum Gasteiger partial charge on any atom is 1.00 e. The first-order valence-electron chi connectivity index (χ1n) is 6.36. The minimum Gasteiger partial charge on any atom is -0.790 e. The van der Waals surface area contributed by atoms with E-state index in [-0.39, 0.29) is 70.3 Å². The average molecular weight is 392 g/mol. The van der Waals surface area contributed by atoms with Crippen LogP contribution in [0.1, 0.15) is 6.23 Å². The summed E-state index contributed by atoms with van der Waals surface area (Å²) in [6.45, 7) is -0.750. The molecule has 2 aromatic heterocycles. The summed E-state index contributed by atoms with van der Waals surface area (Å²) in [5, 5.41) is 19.9. The van der Waals surface area contributed by atoms with E-state index in [0.29, 0.717) is 0 Å². The molecule has 1 aliphatic rings. The number of fused-ring (bicyclic) bond motifs is 1. The van der Waals surface area contributed by atoms with Crippen LogP contribution in [0.2, 0.25) is 0 Å². The molecule has 1 fully saturated rings. The summed E-state index contributed by atoms with van der Waals surface area (Å²) < 4.78 is 21.1. The first-order valence-corrected chi connectivity index (χ1v) is 7.82. The van der Waals surface area contributed by atoms with E-state index < -0.39 is 44.5 Å². The molecule has 3 rings (SSSR count). The molecule has 12 nitrogen and oxygen atoms in total. The SMILES string of the molecule is O=c1[nH]cnc2c1ncn2[C@@H]1OC(COP(=O)([O-])[O-])C(O)C1O.[Na+].[Na+]. The largest absolute Gasteiger partial charge is 1.00 e. The van der Waals surface area contributed by atoms with Crippen molar-refractivity contribution in [3.63, 3.8) is 0 Å². The zero-order valence-electron chi connectivity index (χ0n) is 13.3. The van der Waals surface area contributed by atoms with E-state index in [1.165, 1.54) is 10.9 Å². The molecule has 1 saturated heterocycles. The van der Waals surface area contributed by atoms with Crippen LogP contribution in [0.25, 0.3) is 11.2 Å². The number of ether oxygens (including phenoxy) is 1. The van der Waals surface area contributed by atoms with Crippen LogP contribution in [0.15, 0.2) is 17.4 Å². The third-order valence-corrected chi connectivity index (χ3v) is 3.84. The third-order valence-electron chi connectivity index (χ3n) is 3.37. The molecule has 0 radical (unpaired) electrons. The molecule has 0 bridgehead atoms. The van der Waals surface area contributed by atoms with Crippen molar-refractivity contribution < 1.29 is 92.9 Å². The molecule has 3 N–H and O–H groups in total. The van der Waals surface area contributed by atoms with E-state index >= 15 is 0 Å². The van der Waals surface area contributed by atoms with Gasteiger partial charge in [0.05, 0.1) is 27.1 Å². The van der Waals surface area contributed by atoms with Gasteiger partial charge in [0, 0.05) is 0 Å². The van der Waals surface area contributed by atoms with Crippen LogP contribution >= 0.6 is 7.82 Å². The van der Waals surface area contributed by atoms with Gasteiger partial charge in [-0.3, -0.25) is 9.36 Å². The number of nitrogens with one attached hydrogen (secondary N) is 1. The van der Waals surface area contributed by atoms with E-state index in [4.69, 9.17) is 4.74 Å². The number of phosphoric acid groups is 1. The van der Waals surface area contributed by atoms with Crippen molar-refractivity contribution in [2.75, 3.05) is 6.61 Å². The van der Waals surface area contributed by atoms with Crippen LogP contribution in [-0.2, 0) is 13.8 Å². The fraction of sp³-hybridized carbons (Fsp3) is 0.500. The third kappa shape index (κ3) is 4.99. The molecule has 3 heterocycles. The molecule has 0 saturated carbocycles. The summed E-state index contributed by atoms with van der Waals surface area (Å²) in [6, 6.07) is 0. The van der Waals surface area contributed by atoms with Crippen LogP contribution in [0.4, 0.5) is 0 Å². The van der Waals surface area contributed by atoms with Gasteiger partial charge in [0.15, 0.2) is 17.4 Å². The van der Waals surface area contributed by atoms with Gasteiger partial charge in [-0.2, -0.15) is 0 Å². The number of imidazole rings is 1. The van der Waals surface area contributed by atoms with Crippen molar-refractivity contribution >= 4 is 19.0 Å². The molecular weight excluding hydrogens is 381 g/mol. The standard InChI is InChI=1S/C10H13N4O8P.2Na/c15-6-4(1-21-23(18,19)20)22-10(7(6)16)14-3-13-5-8(14)11-2-12-9(5)17;;/h2-4,6-7,10,15-16H,1H2,(H,11,12,17)(H2,18,19,20);;/q;2*+1/p-2/t4?,6?,7?,10-;;/m1../s1.